The van der Waals surface area contributed by atoms with E-state index in [4.69, 9.17) is 0 Å². The van der Waals surface area contributed by atoms with Gasteiger partial charge in [0, 0.05) is 24.7 Å². The van der Waals surface area contributed by atoms with Gasteiger partial charge >= 0.3 is 0 Å². The van der Waals surface area contributed by atoms with Crippen LogP contribution in [0.15, 0.2) is 41.8 Å². The van der Waals surface area contributed by atoms with Crippen molar-refractivity contribution in [2.45, 2.75) is 18.5 Å². The molecule has 0 fully saturated rings. The molecule has 0 radical (unpaired) electrons. The van der Waals surface area contributed by atoms with Gasteiger partial charge in [0.1, 0.15) is 0 Å². The first kappa shape index (κ1) is 14.2. The summed E-state index contributed by atoms with van der Waals surface area (Å²) in [5.74, 6) is 0.733. The monoisotopic (exact) mass is 326 g/mol. The average Bonchev–Trinajstić information content (AvgIpc) is 3.25. The van der Waals surface area contributed by atoms with E-state index in [0.29, 0.717) is 0 Å². The lowest BCUT2D eigenvalue weighted by Gasteiger charge is -2.30. The third-order valence-electron chi connectivity index (χ3n) is 4.23. The molecular formula is C16H18N6S. The van der Waals surface area contributed by atoms with Gasteiger partial charge in [-0.05, 0) is 46.0 Å². The maximum absolute atomic E-state index is 4.17. The van der Waals surface area contributed by atoms with E-state index in [1.165, 1.54) is 16.1 Å². The van der Waals surface area contributed by atoms with Gasteiger partial charge in [0.2, 0.25) is 5.95 Å². The highest BCUT2D eigenvalue weighted by Crippen LogP contribution is 2.38. The number of hydrogen-bond acceptors (Lipinski definition) is 6. The van der Waals surface area contributed by atoms with Crippen LogP contribution in [0.4, 0.5) is 11.6 Å². The first-order valence-corrected chi connectivity index (χ1v) is 8.45. The third kappa shape index (κ3) is 2.57. The van der Waals surface area contributed by atoms with Crippen LogP contribution in [0.25, 0.3) is 0 Å². The summed E-state index contributed by atoms with van der Waals surface area (Å²) < 4.78 is 1.88. The van der Waals surface area contributed by atoms with Crippen LogP contribution in [0.2, 0.25) is 0 Å². The van der Waals surface area contributed by atoms with Gasteiger partial charge in [-0.2, -0.15) is 0 Å². The van der Waals surface area contributed by atoms with Gasteiger partial charge in [-0.15, -0.1) is 11.3 Å². The summed E-state index contributed by atoms with van der Waals surface area (Å²) in [6.07, 6.45) is 0.930. The van der Waals surface area contributed by atoms with Crippen LogP contribution < -0.4 is 10.2 Å². The Hall–Kier alpha value is -2.41. The Morgan fingerprint density at radius 3 is 2.74 bits per heavy atom. The number of aromatic nitrogens is 4. The number of fused-ring (bicyclic) bond motifs is 1. The van der Waals surface area contributed by atoms with Gasteiger partial charge in [-0.1, -0.05) is 23.3 Å². The van der Waals surface area contributed by atoms with Gasteiger partial charge in [0.15, 0.2) is 0 Å². The maximum Gasteiger partial charge on any atom is 0.244 e. The van der Waals surface area contributed by atoms with Crippen molar-refractivity contribution < 1.29 is 0 Å². The van der Waals surface area contributed by atoms with Crippen LogP contribution in [0.3, 0.4) is 0 Å². The summed E-state index contributed by atoms with van der Waals surface area (Å²) in [6.45, 7) is 0. The second-order valence-corrected chi connectivity index (χ2v) is 6.88. The summed E-state index contributed by atoms with van der Waals surface area (Å²) >= 11 is 1.76. The molecular weight excluding hydrogens is 308 g/mol. The smallest absolute Gasteiger partial charge is 0.244 e. The Morgan fingerprint density at radius 2 is 2.04 bits per heavy atom. The van der Waals surface area contributed by atoms with Gasteiger partial charge in [-0.3, -0.25) is 0 Å². The van der Waals surface area contributed by atoms with E-state index in [0.717, 1.165) is 12.4 Å². The first-order valence-electron chi connectivity index (χ1n) is 7.57. The van der Waals surface area contributed by atoms with Crippen molar-refractivity contribution in [1.29, 1.82) is 0 Å². The predicted molar refractivity (Wildman–Crippen MR) is 92.0 cm³/mol. The molecule has 3 heterocycles. The summed E-state index contributed by atoms with van der Waals surface area (Å²) in [7, 11) is 4.09. The molecule has 0 saturated heterocycles. The summed E-state index contributed by atoms with van der Waals surface area (Å²) in [4.78, 5) is 3.41. The van der Waals surface area contributed by atoms with E-state index in [1.54, 1.807) is 11.3 Å². The van der Waals surface area contributed by atoms with Crippen molar-refractivity contribution in [3.8, 4) is 0 Å². The van der Waals surface area contributed by atoms with E-state index < -0.39 is 0 Å². The molecule has 118 valence electrons. The topological polar surface area (TPSA) is 58.9 Å². The molecule has 1 aliphatic heterocycles. The van der Waals surface area contributed by atoms with E-state index >= 15 is 0 Å². The van der Waals surface area contributed by atoms with Crippen LogP contribution in [0.1, 0.15) is 28.9 Å². The van der Waals surface area contributed by atoms with Crippen LogP contribution >= 0.6 is 11.3 Å². The number of thiophene rings is 1. The van der Waals surface area contributed by atoms with Crippen molar-refractivity contribution in [2.75, 3.05) is 24.3 Å². The maximum atomic E-state index is 4.17. The number of tetrazole rings is 1. The van der Waals surface area contributed by atoms with Crippen LogP contribution in [0.5, 0.6) is 0 Å². The van der Waals surface area contributed by atoms with Crippen molar-refractivity contribution in [1.82, 2.24) is 20.2 Å². The number of benzene rings is 1. The summed E-state index contributed by atoms with van der Waals surface area (Å²) in [5.41, 5.74) is 2.42. The van der Waals surface area contributed by atoms with Crippen molar-refractivity contribution in [3.05, 3.63) is 52.2 Å². The fraction of sp³-hybridized carbons (Fsp3) is 0.312. The minimum atomic E-state index is 0.143. The highest BCUT2D eigenvalue weighted by molar-refractivity contribution is 7.10. The first-order chi connectivity index (χ1) is 11.2. The lowest BCUT2D eigenvalue weighted by atomic mass is 9.96. The molecule has 4 rings (SSSR count). The molecule has 2 unspecified atom stereocenters. The molecule has 0 saturated carbocycles. The minimum Gasteiger partial charge on any atom is -0.378 e. The molecule has 7 heteroatoms. The summed E-state index contributed by atoms with van der Waals surface area (Å²) in [5, 5.41) is 17.7. The fourth-order valence-electron chi connectivity index (χ4n) is 2.99. The average molecular weight is 326 g/mol. The molecule has 0 bridgehead atoms. The third-order valence-corrected chi connectivity index (χ3v) is 5.22. The Bertz CT molecular complexity index is 777. The molecule has 0 spiro atoms. The van der Waals surface area contributed by atoms with Crippen LogP contribution in [0, 0.1) is 0 Å². The van der Waals surface area contributed by atoms with E-state index in [9.17, 15) is 0 Å². The molecule has 3 aromatic rings. The quantitative estimate of drug-likeness (QED) is 0.802. The van der Waals surface area contributed by atoms with Crippen molar-refractivity contribution in [2.24, 2.45) is 0 Å². The second kappa shape index (κ2) is 5.66. The van der Waals surface area contributed by atoms with Gasteiger partial charge < -0.3 is 10.2 Å². The molecule has 1 aromatic carbocycles. The van der Waals surface area contributed by atoms with Gasteiger partial charge in [-0.25, -0.2) is 4.68 Å². The molecule has 1 aliphatic rings. The number of hydrogen-bond donors (Lipinski definition) is 1. The molecule has 1 N–H and O–H groups in total. The number of anilines is 2. The van der Waals surface area contributed by atoms with E-state index in [1.807, 2.05) is 18.8 Å². The van der Waals surface area contributed by atoms with Crippen LogP contribution in [-0.2, 0) is 0 Å². The minimum absolute atomic E-state index is 0.143. The van der Waals surface area contributed by atoms with Crippen LogP contribution in [-0.4, -0.2) is 34.3 Å². The Kier molecular flexibility index (Phi) is 3.49. The lowest BCUT2D eigenvalue weighted by molar-refractivity contribution is 0.426. The number of rotatable bonds is 3. The Morgan fingerprint density at radius 1 is 1.22 bits per heavy atom. The van der Waals surface area contributed by atoms with Crippen molar-refractivity contribution >= 4 is 23.0 Å². The second-order valence-electron chi connectivity index (χ2n) is 5.90. The fourth-order valence-corrected chi connectivity index (χ4v) is 3.78. The molecule has 23 heavy (non-hydrogen) atoms. The Balaban J connectivity index is 1.69. The zero-order valence-electron chi connectivity index (χ0n) is 13.0. The zero-order chi connectivity index (χ0) is 15.8. The highest BCUT2D eigenvalue weighted by Gasteiger charge is 2.31. The lowest BCUT2D eigenvalue weighted by Crippen LogP contribution is -2.27. The molecule has 0 aliphatic carbocycles. The number of nitrogens with one attached hydrogen (secondary N) is 1. The molecule has 2 atom stereocenters. The van der Waals surface area contributed by atoms with E-state index in [2.05, 4.69) is 67.5 Å². The molecule has 0 amide bonds. The van der Waals surface area contributed by atoms with Gasteiger partial charge in [0.25, 0.3) is 0 Å². The standard InChI is InChI=1S/C16H18N6S/c1-21(2)12-7-5-11(6-8-12)14-10-13(15-4-3-9-23-15)17-16-18-19-20-22(14)16/h3-9,13-14H,10H2,1-2H3,(H,17,18,20). The SMILES string of the molecule is CN(C)c1ccc(C2CC(c3cccs3)Nc3nnnn32)cc1. The van der Waals surface area contributed by atoms with Crippen molar-refractivity contribution in [3.63, 3.8) is 0 Å². The Labute approximate surface area is 138 Å². The largest absolute Gasteiger partial charge is 0.378 e. The predicted octanol–water partition coefficient (Wildman–Crippen LogP) is 2.95. The van der Waals surface area contributed by atoms with E-state index in [-0.39, 0.29) is 12.1 Å². The normalized spacial score (nSPS) is 19.9. The highest BCUT2D eigenvalue weighted by atomic mass is 32.1. The number of nitrogens with zero attached hydrogens (tertiary/aromatic N) is 5. The molecule has 2 aromatic heterocycles. The summed E-state index contributed by atoms with van der Waals surface area (Å²) in [6, 6.07) is 13.2. The van der Waals surface area contributed by atoms with Gasteiger partial charge in [0.05, 0.1) is 12.1 Å². The molecule has 6 nitrogen and oxygen atoms in total. The zero-order valence-corrected chi connectivity index (χ0v) is 13.9.